The second-order valence-corrected chi connectivity index (χ2v) is 21.3. The van der Waals surface area contributed by atoms with Gasteiger partial charge in [-0.25, -0.2) is 0 Å². The van der Waals surface area contributed by atoms with Gasteiger partial charge in [-0.15, -0.1) is 0 Å². The molecule has 0 rings (SSSR count). The molecule has 0 bridgehead atoms. The smallest absolute Gasteiger partial charge is 0.268 e. The summed E-state index contributed by atoms with van der Waals surface area (Å²) in [5.41, 5.74) is 0. The average Bonchev–Trinajstić information content (AvgIpc) is 3.29. The number of carbonyl (C=O) groups is 1. The van der Waals surface area contributed by atoms with Gasteiger partial charge in [0, 0.05) is 6.42 Å². The molecule has 3 unspecified atom stereocenters. The fourth-order valence-electron chi connectivity index (χ4n) is 7.81. The second kappa shape index (κ2) is 48.9. The highest BCUT2D eigenvalue weighted by molar-refractivity contribution is 7.45. The Morgan fingerprint density at radius 1 is 0.537 bits per heavy atom. The van der Waals surface area contributed by atoms with Crippen molar-refractivity contribution < 1.29 is 32.9 Å². The summed E-state index contributed by atoms with van der Waals surface area (Å²) in [4.78, 5) is 25.4. The second-order valence-electron chi connectivity index (χ2n) is 19.9. The van der Waals surface area contributed by atoms with E-state index in [0.29, 0.717) is 17.4 Å². The number of aliphatic hydroxyl groups excluding tert-OH is 1. The number of likely N-dealkylation sites (N-methyl/N-ethyl adjacent to an activating group) is 1. The zero-order valence-corrected chi connectivity index (χ0v) is 45.2. The Bertz CT molecular complexity index is 1320. The number of aliphatic hydroxyl groups is 1. The molecule has 0 radical (unpaired) electrons. The molecule has 2 N–H and O–H groups in total. The largest absolute Gasteiger partial charge is 0.756 e. The molecule has 0 spiro atoms. The van der Waals surface area contributed by atoms with E-state index < -0.39 is 26.6 Å². The van der Waals surface area contributed by atoms with Gasteiger partial charge in [-0.2, -0.15) is 0 Å². The summed E-state index contributed by atoms with van der Waals surface area (Å²) in [7, 11) is 1.24. The van der Waals surface area contributed by atoms with E-state index in [9.17, 15) is 19.4 Å². The first-order valence-electron chi connectivity index (χ1n) is 27.8. The Kier molecular flexibility index (Phi) is 47.4. The Morgan fingerprint density at radius 3 is 1.39 bits per heavy atom. The third kappa shape index (κ3) is 51.6. The summed E-state index contributed by atoms with van der Waals surface area (Å²) in [6, 6.07) is -0.904. The van der Waals surface area contributed by atoms with Gasteiger partial charge in [0.25, 0.3) is 7.82 Å². The molecule has 9 heteroatoms. The number of amides is 1. The number of hydrogen-bond donors (Lipinski definition) is 2. The minimum atomic E-state index is -4.60. The van der Waals surface area contributed by atoms with E-state index in [1.165, 1.54) is 154 Å². The SMILES string of the molecule is CC/C=C\C/C=C\C/C=C\C/C=C\CCCCCCCCCCCCCCCCCCCCC(=O)NC(COP(=O)([O-])OCC[N+](C)(C)C)C(O)/C=C/CC/C=C/CCCCCCCCCC. The number of carbonyl (C=O) groups excluding carboxylic acids is 1. The van der Waals surface area contributed by atoms with Crippen molar-refractivity contribution in [1.82, 2.24) is 5.32 Å². The third-order valence-electron chi connectivity index (χ3n) is 12.2. The number of rotatable bonds is 50. The highest BCUT2D eigenvalue weighted by atomic mass is 31.2. The van der Waals surface area contributed by atoms with Crippen LogP contribution in [0.5, 0.6) is 0 Å². The van der Waals surface area contributed by atoms with Gasteiger partial charge in [0.2, 0.25) is 5.91 Å². The maximum atomic E-state index is 12.9. The van der Waals surface area contributed by atoms with Crippen LogP contribution in [0.3, 0.4) is 0 Å². The molecule has 0 aromatic heterocycles. The van der Waals surface area contributed by atoms with Crippen molar-refractivity contribution in [3.05, 3.63) is 72.9 Å². The number of phosphoric ester groups is 1. The maximum absolute atomic E-state index is 12.9. The van der Waals surface area contributed by atoms with E-state index in [1.54, 1.807) is 6.08 Å². The molecule has 1 amide bonds. The number of quaternary nitrogens is 1. The Balaban J connectivity index is 4.11. The Morgan fingerprint density at radius 2 is 0.925 bits per heavy atom. The van der Waals surface area contributed by atoms with Crippen LogP contribution in [-0.4, -0.2) is 68.5 Å². The first kappa shape index (κ1) is 64.9. The normalized spacial score (nSPS) is 14.6. The van der Waals surface area contributed by atoms with E-state index in [0.717, 1.165) is 64.2 Å². The summed E-state index contributed by atoms with van der Waals surface area (Å²) in [5, 5.41) is 13.8. The van der Waals surface area contributed by atoms with Gasteiger partial charge < -0.3 is 28.8 Å². The lowest BCUT2D eigenvalue weighted by Crippen LogP contribution is -2.45. The molecule has 0 aliphatic carbocycles. The van der Waals surface area contributed by atoms with Crippen molar-refractivity contribution >= 4 is 13.7 Å². The minimum absolute atomic E-state index is 0.00751. The lowest BCUT2D eigenvalue weighted by atomic mass is 10.0. The molecule has 0 heterocycles. The number of nitrogens with one attached hydrogen (secondary N) is 1. The quantitative estimate of drug-likeness (QED) is 0.0272. The molecule has 67 heavy (non-hydrogen) atoms. The molecule has 8 nitrogen and oxygen atoms in total. The van der Waals surface area contributed by atoms with Crippen molar-refractivity contribution in [3.8, 4) is 0 Å². The Hall–Kier alpha value is -2.06. The number of hydrogen-bond acceptors (Lipinski definition) is 6. The van der Waals surface area contributed by atoms with Crippen LogP contribution in [0.15, 0.2) is 72.9 Å². The predicted molar refractivity (Wildman–Crippen MR) is 288 cm³/mol. The lowest BCUT2D eigenvalue weighted by molar-refractivity contribution is -0.870. The summed E-state index contributed by atoms with van der Waals surface area (Å²) in [5.74, 6) is -0.208. The summed E-state index contributed by atoms with van der Waals surface area (Å²) in [6.07, 6.45) is 67.0. The van der Waals surface area contributed by atoms with Crippen LogP contribution in [0.4, 0.5) is 0 Å². The monoisotopic (exact) mass is 959 g/mol. The van der Waals surface area contributed by atoms with E-state index in [1.807, 2.05) is 27.2 Å². The summed E-state index contributed by atoms with van der Waals surface area (Å²) in [6.45, 7) is 4.51. The van der Waals surface area contributed by atoms with E-state index in [4.69, 9.17) is 9.05 Å². The first-order valence-corrected chi connectivity index (χ1v) is 29.3. The fourth-order valence-corrected chi connectivity index (χ4v) is 8.53. The third-order valence-corrected chi connectivity index (χ3v) is 13.1. The van der Waals surface area contributed by atoms with Crippen LogP contribution in [-0.2, 0) is 18.4 Å². The van der Waals surface area contributed by atoms with Crippen molar-refractivity contribution in [1.29, 1.82) is 0 Å². The lowest BCUT2D eigenvalue weighted by Gasteiger charge is -2.29. The molecule has 0 aliphatic rings. The van der Waals surface area contributed by atoms with Gasteiger partial charge in [-0.1, -0.05) is 234 Å². The van der Waals surface area contributed by atoms with Gasteiger partial charge in [0.15, 0.2) is 0 Å². The molecule has 0 aromatic carbocycles. The van der Waals surface area contributed by atoms with Gasteiger partial charge in [-0.3, -0.25) is 9.36 Å². The molecule has 3 atom stereocenters. The van der Waals surface area contributed by atoms with Crippen molar-refractivity contribution in [2.24, 2.45) is 0 Å². The van der Waals surface area contributed by atoms with Crippen LogP contribution in [0.2, 0.25) is 0 Å². The van der Waals surface area contributed by atoms with Crippen LogP contribution in [0, 0.1) is 0 Å². The molecule has 0 aliphatic heterocycles. The summed E-state index contributed by atoms with van der Waals surface area (Å²) >= 11 is 0. The summed E-state index contributed by atoms with van der Waals surface area (Å²) < 4.78 is 23.3. The molecule has 0 saturated carbocycles. The van der Waals surface area contributed by atoms with E-state index in [2.05, 4.69) is 79.9 Å². The average molecular weight is 959 g/mol. The minimum Gasteiger partial charge on any atom is -0.756 e. The molecule has 0 saturated heterocycles. The van der Waals surface area contributed by atoms with Crippen LogP contribution in [0.1, 0.15) is 239 Å². The molecule has 0 aromatic rings. The van der Waals surface area contributed by atoms with E-state index in [-0.39, 0.29) is 12.5 Å². The predicted octanol–water partition coefficient (Wildman–Crippen LogP) is 16.1. The van der Waals surface area contributed by atoms with Gasteiger partial charge in [0.05, 0.1) is 39.9 Å². The molecule has 0 fully saturated rings. The number of allylic oxidation sites excluding steroid dienone is 11. The molecular formula is C58H107N2O6P. The number of phosphoric acid groups is 1. The van der Waals surface area contributed by atoms with Crippen molar-refractivity contribution in [2.75, 3.05) is 40.9 Å². The zero-order valence-electron chi connectivity index (χ0n) is 44.3. The first-order chi connectivity index (χ1) is 32.5. The van der Waals surface area contributed by atoms with Crippen LogP contribution < -0.4 is 10.2 Å². The molecular weight excluding hydrogens is 852 g/mol. The highest BCUT2D eigenvalue weighted by Crippen LogP contribution is 2.38. The maximum Gasteiger partial charge on any atom is 0.268 e. The van der Waals surface area contributed by atoms with Gasteiger partial charge in [-0.05, 0) is 70.6 Å². The standard InChI is InChI=1S/C58H107N2O6P/c1-6-8-10-12-14-16-18-20-22-23-24-25-26-27-28-29-30-31-32-33-34-35-36-37-38-40-42-44-46-48-50-52-58(62)59-56(55-66-67(63,64)65-54-53-60(3,4)5)57(61)51-49-47-45-43-41-39-21-19-17-15-13-11-9-7-2/h8,10,14,16,20,22,24-25,41,43,49,51,56-57,61H,6-7,9,11-13,15,17-19,21,23,26-40,42,44-48,50,52-55H2,1-5H3,(H-,59,62,63,64)/b10-8-,16-14-,22-20-,25-24-,43-41+,51-49+. The zero-order chi connectivity index (χ0) is 49.2. The van der Waals surface area contributed by atoms with Crippen LogP contribution >= 0.6 is 7.82 Å². The number of unbranched alkanes of at least 4 members (excludes halogenated alkanes) is 27. The molecule has 390 valence electrons. The number of nitrogens with zero attached hydrogens (tertiary/aromatic N) is 1. The van der Waals surface area contributed by atoms with Gasteiger partial charge >= 0.3 is 0 Å². The fraction of sp³-hybridized carbons (Fsp3) is 0.776. The Labute approximate surface area is 414 Å². The topological polar surface area (TPSA) is 108 Å². The van der Waals surface area contributed by atoms with Crippen molar-refractivity contribution in [3.63, 3.8) is 0 Å². The van der Waals surface area contributed by atoms with Crippen LogP contribution in [0.25, 0.3) is 0 Å². The van der Waals surface area contributed by atoms with Crippen molar-refractivity contribution in [2.45, 2.75) is 251 Å². The van der Waals surface area contributed by atoms with E-state index >= 15 is 0 Å². The van der Waals surface area contributed by atoms with Gasteiger partial charge in [0.1, 0.15) is 13.2 Å². The highest BCUT2D eigenvalue weighted by Gasteiger charge is 2.23.